The number of nitrogens with zero attached hydrogens (tertiary/aromatic N) is 4. The third-order valence-corrected chi connectivity index (χ3v) is 10.1. The van der Waals surface area contributed by atoms with Gasteiger partial charge in [-0.3, -0.25) is 4.57 Å². The molecule has 0 radical (unpaired) electrons. The highest BCUT2D eigenvalue weighted by Crippen LogP contribution is 2.40. The zero-order valence-corrected chi connectivity index (χ0v) is 27.7. The van der Waals surface area contributed by atoms with Crippen LogP contribution in [0.25, 0.3) is 99.3 Å². The average molecular weight is 668 g/mol. The smallest absolute Gasteiger partial charge is 0.165 e. The van der Waals surface area contributed by atoms with Gasteiger partial charge in [-0.05, 0) is 76.5 Å². The summed E-state index contributed by atoms with van der Waals surface area (Å²) in [7, 11) is 0. The van der Waals surface area contributed by atoms with E-state index in [1.165, 1.54) is 0 Å². The van der Waals surface area contributed by atoms with Gasteiger partial charge in [0.1, 0.15) is 5.69 Å². The predicted molar refractivity (Wildman–Crippen MR) is 217 cm³/mol. The van der Waals surface area contributed by atoms with Crippen LogP contribution in [0.3, 0.4) is 0 Å². The molecule has 0 amide bonds. The Morgan fingerprint density at radius 2 is 1.04 bits per heavy atom. The van der Waals surface area contributed by atoms with Gasteiger partial charge in [-0.25, -0.2) is 9.97 Å². The van der Waals surface area contributed by atoms with Gasteiger partial charge in [-0.2, -0.15) is 0 Å². The normalized spacial score (nSPS) is 13.2. The van der Waals surface area contributed by atoms with Crippen molar-refractivity contribution in [2.45, 2.75) is 0 Å². The molecule has 0 saturated heterocycles. The minimum atomic E-state index is -0.427. The van der Waals surface area contributed by atoms with Gasteiger partial charge < -0.3 is 4.57 Å². The van der Waals surface area contributed by atoms with Gasteiger partial charge in [0.05, 0.1) is 40.0 Å². The number of fused-ring (bicyclic) bond motifs is 8. The second kappa shape index (κ2) is 11.2. The van der Waals surface area contributed by atoms with E-state index in [2.05, 4.69) is 124 Å². The molecular formula is C48H30N4. The average Bonchev–Trinajstić information content (AvgIpc) is 3.75. The highest BCUT2D eigenvalue weighted by Gasteiger charge is 2.21. The fraction of sp³-hybridized carbons (Fsp3) is 0. The summed E-state index contributed by atoms with van der Waals surface area (Å²) in [5.74, 6) is 0.615. The highest BCUT2D eigenvalue weighted by molar-refractivity contribution is 6.14. The molecule has 0 spiro atoms. The molecule has 4 nitrogen and oxygen atoms in total. The molecule has 11 aromatic rings. The molecule has 0 bridgehead atoms. The number of rotatable bonds is 4. The van der Waals surface area contributed by atoms with Crippen molar-refractivity contribution in [3.8, 4) is 33.9 Å². The minimum Gasteiger partial charge on any atom is -0.309 e. The van der Waals surface area contributed by atoms with Crippen molar-refractivity contribution in [3.05, 3.63) is 182 Å². The summed E-state index contributed by atoms with van der Waals surface area (Å²) in [6, 6.07) is 50.1. The van der Waals surface area contributed by atoms with Gasteiger partial charge in [-0.1, -0.05) is 127 Å². The summed E-state index contributed by atoms with van der Waals surface area (Å²) in [6.07, 6.45) is 0. The largest absolute Gasteiger partial charge is 0.309 e. The van der Waals surface area contributed by atoms with Crippen molar-refractivity contribution in [2.75, 3.05) is 0 Å². The van der Waals surface area contributed by atoms with E-state index < -0.39 is 6.04 Å². The molecule has 4 heteroatoms. The van der Waals surface area contributed by atoms with Gasteiger partial charge in [-0.15, -0.1) is 0 Å². The van der Waals surface area contributed by atoms with Crippen molar-refractivity contribution in [1.82, 2.24) is 19.1 Å². The summed E-state index contributed by atoms with van der Waals surface area (Å²) < 4.78 is 46.7. The Labute approximate surface area is 306 Å². The molecule has 11 rings (SSSR count). The topological polar surface area (TPSA) is 35.6 Å². The molecule has 242 valence electrons. The number of para-hydroxylation sites is 3. The van der Waals surface area contributed by atoms with Crippen LogP contribution in [0.2, 0.25) is 0 Å². The first-order valence-electron chi connectivity index (χ1n) is 19.8. The first-order chi connectivity index (χ1) is 27.9. The van der Waals surface area contributed by atoms with Crippen molar-refractivity contribution >= 4 is 65.4 Å². The second-order valence-corrected chi connectivity index (χ2v) is 13.1. The monoisotopic (exact) mass is 667 g/mol. The maximum Gasteiger partial charge on any atom is 0.165 e. The summed E-state index contributed by atoms with van der Waals surface area (Å²) in [4.78, 5) is 10.8. The number of aromatic nitrogens is 4. The summed E-state index contributed by atoms with van der Waals surface area (Å²) in [6.45, 7) is 0. The van der Waals surface area contributed by atoms with Crippen LogP contribution in [0, 0.1) is 0 Å². The minimum absolute atomic E-state index is 0.123. The molecule has 0 N–H and O–H groups in total. The molecule has 0 aliphatic carbocycles. The van der Waals surface area contributed by atoms with E-state index in [0.29, 0.717) is 28.1 Å². The lowest BCUT2D eigenvalue weighted by atomic mass is 10.0. The summed E-state index contributed by atoms with van der Waals surface area (Å²) in [5.41, 5.74) is 8.45. The van der Waals surface area contributed by atoms with E-state index >= 15 is 0 Å². The zero-order chi connectivity index (χ0) is 38.5. The Hall–Kier alpha value is -7.04. The lowest BCUT2D eigenvalue weighted by molar-refractivity contribution is 1.08. The number of hydrogen-bond donors (Lipinski definition) is 0. The molecular weight excluding hydrogens is 633 g/mol. The van der Waals surface area contributed by atoms with E-state index in [0.717, 1.165) is 65.6 Å². The Morgan fingerprint density at radius 1 is 0.404 bits per heavy atom. The van der Waals surface area contributed by atoms with Crippen molar-refractivity contribution in [2.24, 2.45) is 0 Å². The number of benzene rings is 8. The molecule has 8 aromatic carbocycles. The Bertz CT molecular complexity index is 3450. The molecule has 0 saturated carbocycles. The third-order valence-electron chi connectivity index (χ3n) is 10.1. The predicted octanol–water partition coefficient (Wildman–Crippen LogP) is 12.3. The lowest BCUT2D eigenvalue weighted by Gasteiger charge is -2.15. The summed E-state index contributed by atoms with van der Waals surface area (Å²) in [5, 5.41) is 6.69. The molecule has 0 fully saturated rings. The lowest BCUT2D eigenvalue weighted by Crippen LogP contribution is -2.04. The van der Waals surface area contributed by atoms with Crippen LogP contribution in [0.5, 0.6) is 0 Å². The van der Waals surface area contributed by atoms with Crippen LogP contribution in [0.15, 0.2) is 182 Å². The molecule has 3 heterocycles. The van der Waals surface area contributed by atoms with Crippen LogP contribution in [-0.4, -0.2) is 19.1 Å². The van der Waals surface area contributed by atoms with E-state index in [9.17, 15) is 0 Å². The van der Waals surface area contributed by atoms with Gasteiger partial charge in [0.25, 0.3) is 0 Å². The molecule has 0 aliphatic rings. The van der Waals surface area contributed by atoms with Crippen molar-refractivity contribution in [1.29, 1.82) is 0 Å². The molecule has 0 atom stereocenters. The zero-order valence-electron chi connectivity index (χ0n) is 32.7. The van der Waals surface area contributed by atoms with Crippen molar-refractivity contribution in [3.63, 3.8) is 0 Å². The van der Waals surface area contributed by atoms with Crippen LogP contribution >= 0.6 is 0 Å². The molecule has 0 aliphatic heterocycles. The van der Waals surface area contributed by atoms with E-state index in [1.54, 1.807) is 12.1 Å². The van der Waals surface area contributed by atoms with Crippen LogP contribution in [0.1, 0.15) is 6.85 Å². The first-order valence-corrected chi connectivity index (χ1v) is 17.3. The first kappa shape index (κ1) is 24.2. The SMILES string of the molecule is [2H]c1c([2H])c([2H])c(-c2ccc3nc(-c4ccc5c6ccccc6n(-c6ccccc6)c5c4)c(-n4c5ccccc5c5cc6ccccc6cc54)nc3c2)c([2H])c1[2H]. The fourth-order valence-electron chi connectivity index (χ4n) is 7.80. The fourth-order valence-corrected chi connectivity index (χ4v) is 7.80. The van der Waals surface area contributed by atoms with E-state index in [-0.39, 0.29) is 29.7 Å². The van der Waals surface area contributed by atoms with Gasteiger partial charge in [0.2, 0.25) is 0 Å². The standard InChI is InChI=1S/C48H30N4/c1-3-13-31(14-4-1)34-24-26-41-42(28-34)50-48(52-44-22-12-10-20-38(44)40-27-32-15-7-8-16-33(32)29-46(40)52)47(49-41)35-23-25-39-37-19-9-11-21-43(37)51(45(39)30-35)36-17-5-2-6-18-36/h1-30H/i1D,3D,4D,13D,14D. The highest BCUT2D eigenvalue weighted by atomic mass is 15.1. The van der Waals surface area contributed by atoms with E-state index in [1.807, 2.05) is 24.3 Å². The van der Waals surface area contributed by atoms with E-state index in [4.69, 9.17) is 16.8 Å². The number of hydrogen-bond acceptors (Lipinski definition) is 2. The molecule has 52 heavy (non-hydrogen) atoms. The Balaban J connectivity index is 1.25. The Kier molecular flexibility index (Phi) is 5.22. The second-order valence-electron chi connectivity index (χ2n) is 13.1. The Morgan fingerprint density at radius 3 is 1.85 bits per heavy atom. The molecule has 0 unspecified atom stereocenters. The maximum absolute atomic E-state index is 8.70. The van der Waals surface area contributed by atoms with Crippen LogP contribution < -0.4 is 0 Å². The van der Waals surface area contributed by atoms with Gasteiger partial charge in [0, 0.05) is 32.8 Å². The van der Waals surface area contributed by atoms with Gasteiger partial charge in [0.15, 0.2) is 5.82 Å². The molecule has 3 aromatic heterocycles. The summed E-state index contributed by atoms with van der Waals surface area (Å²) >= 11 is 0. The van der Waals surface area contributed by atoms with Crippen LogP contribution in [-0.2, 0) is 0 Å². The van der Waals surface area contributed by atoms with Crippen molar-refractivity contribution < 1.29 is 6.85 Å². The third kappa shape index (κ3) is 4.34. The van der Waals surface area contributed by atoms with Crippen LogP contribution in [0.4, 0.5) is 0 Å². The van der Waals surface area contributed by atoms with Gasteiger partial charge >= 0.3 is 0 Å². The quantitative estimate of drug-likeness (QED) is 0.187. The maximum atomic E-state index is 8.70.